The Morgan fingerprint density at radius 2 is 1.59 bits per heavy atom. The minimum absolute atomic E-state index is 0.397. The summed E-state index contributed by atoms with van der Waals surface area (Å²) in [4.78, 5) is 4.80. The van der Waals surface area contributed by atoms with Crippen LogP contribution in [0.1, 0.15) is 5.56 Å². The molecule has 0 saturated heterocycles. The summed E-state index contributed by atoms with van der Waals surface area (Å²) in [5.74, 6) is 0.819. The summed E-state index contributed by atoms with van der Waals surface area (Å²) in [6.07, 6.45) is 0. The van der Waals surface area contributed by atoms with Gasteiger partial charge in [0.05, 0.1) is 22.5 Å². The average Bonchev–Trinajstić information content (AvgIpc) is 3.34. The Hall–Kier alpha value is -3.97. The van der Waals surface area contributed by atoms with Crippen LogP contribution in [0.5, 0.6) is 0 Å². The van der Waals surface area contributed by atoms with Crippen LogP contribution < -0.4 is 0 Å². The Labute approximate surface area is 188 Å². The van der Waals surface area contributed by atoms with Gasteiger partial charge in [-0.05, 0) is 12.1 Å². The van der Waals surface area contributed by atoms with Crippen LogP contribution in [0.4, 0.5) is 0 Å². The summed E-state index contributed by atoms with van der Waals surface area (Å²) >= 11 is 1.32. The molecule has 0 aliphatic carbocycles. The third-order valence-electron chi connectivity index (χ3n) is 4.98. The van der Waals surface area contributed by atoms with Gasteiger partial charge in [0.1, 0.15) is 0 Å². The number of benzene rings is 3. The van der Waals surface area contributed by atoms with Crippen molar-refractivity contribution < 1.29 is 9.62 Å². The Kier molecular flexibility index (Phi) is 5.63. The Morgan fingerprint density at radius 1 is 0.875 bits per heavy atom. The van der Waals surface area contributed by atoms with Gasteiger partial charge in [-0.1, -0.05) is 95.8 Å². The van der Waals surface area contributed by atoms with Crippen LogP contribution >= 0.6 is 11.8 Å². The van der Waals surface area contributed by atoms with Crippen molar-refractivity contribution in [3.05, 3.63) is 96.6 Å². The molecule has 6 nitrogen and oxygen atoms in total. The number of oxime groups is 1. The predicted octanol–water partition coefficient (Wildman–Crippen LogP) is 5.92. The van der Waals surface area contributed by atoms with Crippen molar-refractivity contribution in [2.45, 2.75) is 5.22 Å². The van der Waals surface area contributed by atoms with E-state index in [-0.39, 0.29) is 0 Å². The minimum Gasteiger partial charge on any atom is -0.411 e. The first kappa shape index (κ1) is 20.0. The fraction of sp³-hybridized carbons (Fsp3) is 0.0400. The number of pyridine rings is 1. The SMILES string of the molecule is O/N=C(/CSc1nnc(-c2cc(-c3ccccc3)nc3ccccc23)o1)c1ccccc1. The molecule has 0 bridgehead atoms. The second-order valence-electron chi connectivity index (χ2n) is 7.01. The highest BCUT2D eigenvalue weighted by Crippen LogP contribution is 2.32. The lowest BCUT2D eigenvalue weighted by Crippen LogP contribution is -2.04. The van der Waals surface area contributed by atoms with Gasteiger partial charge in [0, 0.05) is 22.3 Å². The number of fused-ring (bicyclic) bond motifs is 1. The van der Waals surface area contributed by atoms with E-state index in [9.17, 15) is 5.21 Å². The van der Waals surface area contributed by atoms with Crippen LogP contribution in [-0.4, -0.2) is 31.9 Å². The van der Waals surface area contributed by atoms with E-state index in [1.165, 1.54) is 11.8 Å². The van der Waals surface area contributed by atoms with Crippen molar-refractivity contribution in [1.82, 2.24) is 15.2 Å². The van der Waals surface area contributed by atoms with E-state index in [1.807, 2.05) is 91.0 Å². The molecule has 5 rings (SSSR count). The topological polar surface area (TPSA) is 84.4 Å². The average molecular weight is 439 g/mol. The molecule has 2 aromatic heterocycles. The highest BCUT2D eigenvalue weighted by atomic mass is 32.2. The van der Waals surface area contributed by atoms with Crippen LogP contribution in [0.3, 0.4) is 0 Å². The molecule has 1 N–H and O–H groups in total. The Bertz CT molecular complexity index is 1390. The predicted molar refractivity (Wildman–Crippen MR) is 126 cm³/mol. The lowest BCUT2D eigenvalue weighted by Gasteiger charge is -2.07. The molecule has 0 spiro atoms. The van der Waals surface area contributed by atoms with Gasteiger partial charge in [0.15, 0.2) is 0 Å². The Balaban J connectivity index is 1.46. The zero-order chi connectivity index (χ0) is 21.8. The number of para-hydroxylation sites is 1. The molecular weight excluding hydrogens is 420 g/mol. The van der Waals surface area contributed by atoms with Crippen molar-refractivity contribution >= 4 is 28.4 Å². The third kappa shape index (κ3) is 4.10. The van der Waals surface area contributed by atoms with Crippen molar-refractivity contribution in [1.29, 1.82) is 0 Å². The number of hydrogen-bond donors (Lipinski definition) is 1. The fourth-order valence-corrected chi connectivity index (χ4v) is 4.14. The molecule has 3 aromatic carbocycles. The number of nitrogens with zero attached hydrogens (tertiary/aromatic N) is 4. The second kappa shape index (κ2) is 9.03. The van der Waals surface area contributed by atoms with Crippen molar-refractivity contribution in [3.8, 4) is 22.7 Å². The van der Waals surface area contributed by atoms with Crippen molar-refractivity contribution in [3.63, 3.8) is 0 Å². The summed E-state index contributed by atoms with van der Waals surface area (Å²) in [7, 11) is 0. The molecule has 0 atom stereocenters. The van der Waals surface area contributed by atoms with Crippen LogP contribution in [0.15, 0.2) is 106 Å². The van der Waals surface area contributed by atoms with Gasteiger partial charge in [-0.25, -0.2) is 4.98 Å². The van der Waals surface area contributed by atoms with Crippen LogP contribution in [-0.2, 0) is 0 Å². The van der Waals surface area contributed by atoms with E-state index >= 15 is 0 Å². The van der Waals surface area contributed by atoms with Crippen LogP contribution in [0.25, 0.3) is 33.6 Å². The maximum absolute atomic E-state index is 9.40. The molecule has 0 fully saturated rings. The normalized spacial score (nSPS) is 11.7. The van der Waals surface area contributed by atoms with E-state index in [1.54, 1.807) is 0 Å². The molecule has 5 aromatic rings. The Morgan fingerprint density at radius 3 is 2.38 bits per heavy atom. The third-order valence-corrected chi connectivity index (χ3v) is 5.81. The summed E-state index contributed by atoms with van der Waals surface area (Å²) in [5, 5.41) is 22.6. The molecule has 0 radical (unpaired) electrons. The van der Waals surface area contributed by atoms with Gasteiger partial charge in [0.2, 0.25) is 5.89 Å². The fourth-order valence-electron chi connectivity index (χ4n) is 3.42. The van der Waals surface area contributed by atoms with Gasteiger partial charge < -0.3 is 9.62 Å². The second-order valence-corrected chi connectivity index (χ2v) is 7.94. The maximum Gasteiger partial charge on any atom is 0.277 e. The van der Waals surface area contributed by atoms with E-state index in [0.717, 1.165) is 33.3 Å². The van der Waals surface area contributed by atoms with Crippen molar-refractivity contribution in [2.24, 2.45) is 5.16 Å². The lowest BCUT2D eigenvalue weighted by atomic mass is 10.0. The van der Waals surface area contributed by atoms with E-state index in [4.69, 9.17) is 9.40 Å². The van der Waals surface area contributed by atoms with Crippen molar-refractivity contribution in [2.75, 3.05) is 5.75 Å². The zero-order valence-electron chi connectivity index (χ0n) is 16.9. The molecule has 0 saturated carbocycles. The molecular formula is C25H18N4O2S. The molecule has 2 heterocycles. The number of hydrogen-bond acceptors (Lipinski definition) is 7. The van der Waals surface area contributed by atoms with Gasteiger partial charge in [0.25, 0.3) is 5.22 Å². The highest BCUT2D eigenvalue weighted by Gasteiger charge is 2.16. The molecule has 0 aliphatic heterocycles. The van der Waals surface area contributed by atoms with Gasteiger partial charge in [-0.2, -0.15) is 0 Å². The quantitative estimate of drug-likeness (QED) is 0.153. The van der Waals surface area contributed by atoms with Gasteiger partial charge in [-0.3, -0.25) is 0 Å². The first-order valence-corrected chi connectivity index (χ1v) is 11.0. The maximum atomic E-state index is 9.40. The molecule has 156 valence electrons. The van der Waals surface area contributed by atoms with E-state index in [0.29, 0.717) is 22.6 Å². The first-order valence-electron chi connectivity index (χ1n) is 10.00. The standard InChI is InChI=1S/C25H18N4O2S/c30-29-23(18-11-5-2-6-12-18)16-32-25-28-27-24(31-25)20-15-22(17-9-3-1-4-10-17)26-21-14-8-7-13-19(20)21/h1-15,30H,16H2/b29-23-. The summed E-state index contributed by atoms with van der Waals surface area (Å²) in [6.45, 7) is 0. The van der Waals surface area contributed by atoms with Crippen LogP contribution in [0, 0.1) is 0 Å². The number of rotatable bonds is 6. The highest BCUT2D eigenvalue weighted by molar-refractivity contribution is 7.99. The van der Waals surface area contributed by atoms with Gasteiger partial charge in [-0.15, -0.1) is 10.2 Å². The monoisotopic (exact) mass is 438 g/mol. The van der Waals surface area contributed by atoms with Crippen LogP contribution in [0.2, 0.25) is 0 Å². The summed E-state index contributed by atoms with van der Waals surface area (Å²) in [6, 6.07) is 29.4. The van der Waals surface area contributed by atoms with Gasteiger partial charge >= 0.3 is 0 Å². The smallest absolute Gasteiger partial charge is 0.277 e. The summed E-state index contributed by atoms with van der Waals surface area (Å²) < 4.78 is 5.98. The molecule has 7 heteroatoms. The number of aromatic nitrogens is 3. The molecule has 0 aliphatic rings. The molecule has 32 heavy (non-hydrogen) atoms. The molecule has 0 amide bonds. The first-order chi connectivity index (χ1) is 15.8. The zero-order valence-corrected chi connectivity index (χ0v) is 17.7. The summed E-state index contributed by atoms with van der Waals surface area (Å²) in [5.41, 5.74) is 4.92. The minimum atomic E-state index is 0.397. The largest absolute Gasteiger partial charge is 0.411 e. The van der Waals surface area contributed by atoms with E-state index < -0.39 is 0 Å². The lowest BCUT2D eigenvalue weighted by molar-refractivity contribution is 0.319. The van der Waals surface area contributed by atoms with E-state index in [2.05, 4.69) is 15.4 Å². The number of thioether (sulfide) groups is 1. The molecule has 0 unspecified atom stereocenters.